The van der Waals surface area contributed by atoms with E-state index in [1.54, 1.807) is 24.6 Å². The van der Waals surface area contributed by atoms with Crippen LogP contribution in [-0.2, 0) is 6.54 Å². The largest absolute Gasteiger partial charge is 0.480 e. The van der Waals surface area contributed by atoms with Crippen LogP contribution < -0.4 is 10.1 Å². The van der Waals surface area contributed by atoms with Crippen LogP contribution in [0.4, 0.5) is 5.95 Å². The van der Waals surface area contributed by atoms with Crippen molar-refractivity contribution in [3.05, 3.63) is 32.6 Å². The Kier molecular flexibility index (Phi) is 3.96. The third-order valence-electron chi connectivity index (χ3n) is 2.28. The molecule has 0 bridgehead atoms. The van der Waals surface area contributed by atoms with Crippen molar-refractivity contribution in [2.24, 2.45) is 0 Å². The third-order valence-corrected chi connectivity index (χ3v) is 3.85. The van der Waals surface area contributed by atoms with Gasteiger partial charge in [-0.25, -0.2) is 4.98 Å². The molecule has 2 aromatic heterocycles. The lowest BCUT2D eigenvalue weighted by Gasteiger charge is -2.06. The normalized spacial score (nSPS) is 10.3. The molecule has 6 heteroatoms. The average Bonchev–Trinajstić information content (AvgIpc) is 2.74. The van der Waals surface area contributed by atoms with E-state index in [2.05, 4.69) is 49.6 Å². The molecule has 2 heterocycles. The summed E-state index contributed by atoms with van der Waals surface area (Å²) in [7, 11) is 1.58. The summed E-state index contributed by atoms with van der Waals surface area (Å²) in [5.41, 5.74) is 1.28. The zero-order valence-corrected chi connectivity index (χ0v) is 11.9. The molecule has 2 aromatic rings. The van der Waals surface area contributed by atoms with E-state index in [9.17, 15) is 0 Å². The number of aromatic nitrogens is 2. The molecule has 1 N–H and O–H groups in total. The highest BCUT2D eigenvalue weighted by Gasteiger charge is 2.05. The molecule has 0 saturated carbocycles. The fourth-order valence-electron chi connectivity index (χ4n) is 1.32. The topological polar surface area (TPSA) is 47.0 Å². The quantitative estimate of drug-likeness (QED) is 0.941. The summed E-state index contributed by atoms with van der Waals surface area (Å²) in [4.78, 5) is 9.69. The van der Waals surface area contributed by atoms with E-state index in [0.29, 0.717) is 11.8 Å². The number of rotatable bonds is 4. The van der Waals surface area contributed by atoms with E-state index in [1.807, 2.05) is 0 Å². The monoisotopic (exact) mass is 313 g/mol. The summed E-state index contributed by atoms with van der Waals surface area (Å²) in [5.74, 6) is 1.10. The molecule has 0 atom stereocenters. The van der Waals surface area contributed by atoms with Crippen LogP contribution in [0.25, 0.3) is 0 Å². The molecule has 0 aliphatic carbocycles. The first kappa shape index (κ1) is 12.3. The zero-order valence-electron chi connectivity index (χ0n) is 9.53. The molecule has 0 aliphatic heterocycles. The predicted octanol–water partition coefficient (Wildman–Crippen LogP) is 3.23. The average molecular weight is 314 g/mol. The standard InChI is InChI=1S/C11H12BrN3OS/c1-7-3-4-17-9(7)6-14-11-13-5-8(12)10(15-11)16-2/h3-5H,6H2,1-2H3,(H,13,14,15). The van der Waals surface area contributed by atoms with E-state index >= 15 is 0 Å². The lowest BCUT2D eigenvalue weighted by Crippen LogP contribution is -2.04. The van der Waals surface area contributed by atoms with Gasteiger partial charge in [0.2, 0.25) is 11.8 Å². The van der Waals surface area contributed by atoms with Crippen LogP contribution in [0.15, 0.2) is 22.1 Å². The number of halogens is 1. The Hall–Kier alpha value is -1.14. The van der Waals surface area contributed by atoms with Gasteiger partial charge in [-0.3, -0.25) is 0 Å². The second-order valence-corrected chi connectivity index (χ2v) is 5.29. The molecule has 0 aliphatic rings. The number of methoxy groups -OCH3 is 1. The second-order valence-electron chi connectivity index (χ2n) is 3.43. The lowest BCUT2D eigenvalue weighted by atomic mass is 10.3. The zero-order chi connectivity index (χ0) is 12.3. The van der Waals surface area contributed by atoms with Crippen LogP contribution in [0.3, 0.4) is 0 Å². The molecule has 0 radical (unpaired) electrons. The van der Waals surface area contributed by atoms with Gasteiger partial charge in [0, 0.05) is 4.88 Å². The lowest BCUT2D eigenvalue weighted by molar-refractivity contribution is 0.394. The van der Waals surface area contributed by atoms with Gasteiger partial charge < -0.3 is 10.1 Å². The molecular weight excluding hydrogens is 302 g/mol. The molecular formula is C11H12BrN3OS. The van der Waals surface area contributed by atoms with E-state index in [1.165, 1.54) is 10.4 Å². The Bertz CT molecular complexity index is 515. The van der Waals surface area contributed by atoms with Crippen molar-refractivity contribution in [1.29, 1.82) is 0 Å². The van der Waals surface area contributed by atoms with Gasteiger partial charge in [0.1, 0.15) is 0 Å². The highest BCUT2D eigenvalue weighted by Crippen LogP contribution is 2.22. The van der Waals surface area contributed by atoms with E-state index < -0.39 is 0 Å². The first-order valence-corrected chi connectivity index (χ1v) is 6.71. The van der Waals surface area contributed by atoms with Crippen molar-refractivity contribution in [3.8, 4) is 5.88 Å². The molecule has 17 heavy (non-hydrogen) atoms. The molecule has 4 nitrogen and oxygen atoms in total. The van der Waals surface area contributed by atoms with Crippen molar-refractivity contribution in [3.63, 3.8) is 0 Å². The van der Waals surface area contributed by atoms with Crippen LogP contribution in [0.5, 0.6) is 5.88 Å². The van der Waals surface area contributed by atoms with Gasteiger partial charge in [-0.1, -0.05) is 0 Å². The van der Waals surface area contributed by atoms with Crippen LogP contribution in [-0.4, -0.2) is 17.1 Å². The van der Waals surface area contributed by atoms with Crippen molar-refractivity contribution < 1.29 is 4.74 Å². The molecule has 0 unspecified atom stereocenters. The maximum Gasteiger partial charge on any atom is 0.232 e. The number of thiophene rings is 1. The fraction of sp³-hybridized carbons (Fsp3) is 0.273. The summed E-state index contributed by atoms with van der Waals surface area (Å²) < 4.78 is 5.86. The summed E-state index contributed by atoms with van der Waals surface area (Å²) in [6, 6.07) is 2.10. The van der Waals surface area contributed by atoms with E-state index in [4.69, 9.17) is 4.74 Å². The van der Waals surface area contributed by atoms with E-state index in [-0.39, 0.29) is 0 Å². The van der Waals surface area contributed by atoms with E-state index in [0.717, 1.165) is 11.0 Å². The van der Waals surface area contributed by atoms with Gasteiger partial charge in [0.25, 0.3) is 0 Å². The maximum absolute atomic E-state index is 5.11. The van der Waals surface area contributed by atoms with Gasteiger partial charge in [-0.2, -0.15) is 4.98 Å². The minimum Gasteiger partial charge on any atom is -0.480 e. The van der Waals surface area contributed by atoms with Gasteiger partial charge in [0.05, 0.1) is 24.3 Å². The minimum atomic E-state index is 0.533. The Morgan fingerprint density at radius 2 is 2.35 bits per heavy atom. The molecule has 0 fully saturated rings. The highest BCUT2D eigenvalue weighted by molar-refractivity contribution is 9.10. The van der Waals surface area contributed by atoms with Gasteiger partial charge in [0.15, 0.2) is 0 Å². The van der Waals surface area contributed by atoms with Gasteiger partial charge in [-0.15, -0.1) is 11.3 Å². The molecule has 2 rings (SSSR count). The first-order valence-electron chi connectivity index (χ1n) is 5.04. The predicted molar refractivity (Wildman–Crippen MR) is 72.7 cm³/mol. The van der Waals surface area contributed by atoms with Crippen molar-refractivity contribution in [2.45, 2.75) is 13.5 Å². The van der Waals surface area contributed by atoms with Crippen molar-refractivity contribution in [2.75, 3.05) is 12.4 Å². The molecule has 0 saturated heterocycles. The number of anilines is 1. The molecule has 90 valence electrons. The van der Waals surface area contributed by atoms with Gasteiger partial charge in [-0.05, 0) is 39.9 Å². The van der Waals surface area contributed by atoms with Crippen LogP contribution >= 0.6 is 27.3 Å². The first-order chi connectivity index (χ1) is 8.20. The number of hydrogen-bond donors (Lipinski definition) is 1. The fourth-order valence-corrected chi connectivity index (χ4v) is 2.52. The summed E-state index contributed by atoms with van der Waals surface area (Å²) in [5, 5.41) is 5.26. The third kappa shape index (κ3) is 2.95. The van der Waals surface area contributed by atoms with Crippen LogP contribution in [0.2, 0.25) is 0 Å². The number of hydrogen-bond acceptors (Lipinski definition) is 5. The molecule has 0 amide bonds. The number of aryl methyl sites for hydroxylation is 1. The summed E-state index contributed by atoms with van der Waals surface area (Å²) in [6.07, 6.45) is 1.68. The SMILES string of the molecule is COc1nc(NCc2sccc2C)ncc1Br. The van der Waals surface area contributed by atoms with Gasteiger partial charge >= 0.3 is 0 Å². The maximum atomic E-state index is 5.11. The minimum absolute atomic E-state index is 0.533. The van der Waals surface area contributed by atoms with Crippen LogP contribution in [0.1, 0.15) is 10.4 Å². The Labute approximate surface area is 112 Å². The van der Waals surface area contributed by atoms with Crippen molar-refractivity contribution in [1.82, 2.24) is 9.97 Å². The number of nitrogens with zero attached hydrogens (tertiary/aromatic N) is 2. The van der Waals surface area contributed by atoms with Crippen LogP contribution in [0, 0.1) is 6.92 Å². The number of nitrogens with one attached hydrogen (secondary N) is 1. The molecule has 0 aromatic carbocycles. The Morgan fingerprint density at radius 1 is 1.53 bits per heavy atom. The second kappa shape index (κ2) is 5.46. The Balaban J connectivity index is 2.07. The van der Waals surface area contributed by atoms with Crippen molar-refractivity contribution >= 4 is 33.2 Å². The highest BCUT2D eigenvalue weighted by atomic mass is 79.9. The number of ether oxygens (including phenoxy) is 1. The summed E-state index contributed by atoms with van der Waals surface area (Å²) >= 11 is 5.04. The smallest absolute Gasteiger partial charge is 0.232 e. The molecule has 0 spiro atoms. The Morgan fingerprint density at radius 3 is 3.00 bits per heavy atom. The summed E-state index contributed by atoms with van der Waals surface area (Å²) in [6.45, 7) is 2.82.